The van der Waals surface area contributed by atoms with Gasteiger partial charge in [-0.1, -0.05) is 30.3 Å². The predicted molar refractivity (Wildman–Crippen MR) is 122 cm³/mol. The van der Waals surface area contributed by atoms with E-state index in [9.17, 15) is 4.79 Å². The van der Waals surface area contributed by atoms with Gasteiger partial charge >= 0.3 is 0 Å². The summed E-state index contributed by atoms with van der Waals surface area (Å²) in [6.07, 6.45) is 2.20. The molecule has 0 amide bonds. The molecule has 0 aliphatic carbocycles. The van der Waals surface area contributed by atoms with Crippen molar-refractivity contribution in [3.8, 4) is 5.75 Å². The summed E-state index contributed by atoms with van der Waals surface area (Å²) in [5.74, 6) is 1.49. The number of benzene rings is 2. The van der Waals surface area contributed by atoms with Crippen LogP contribution in [0.2, 0.25) is 0 Å². The molecule has 1 fully saturated rings. The minimum atomic E-state index is -0.306. The van der Waals surface area contributed by atoms with Gasteiger partial charge in [-0.15, -0.1) is 5.10 Å². The first kappa shape index (κ1) is 20.4. The molecule has 1 aliphatic rings. The fourth-order valence-electron chi connectivity index (χ4n) is 4.53. The molecule has 2 aromatic carbocycles. The average Bonchev–Trinajstić information content (AvgIpc) is 3.49. The molecule has 8 heteroatoms. The van der Waals surface area contributed by atoms with E-state index in [1.54, 1.807) is 11.8 Å². The number of ether oxygens (including phenoxy) is 1. The van der Waals surface area contributed by atoms with Gasteiger partial charge in [0.15, 0.2) is 5.82 Å². The van der Waals surface area contributed by atoms with E-state index in [4.69, 9.17) is 4.74 Å². The Kier molecular flexibility index (Phi) is 5.45. The summed E-state index contributed by atoms with van der Waals surface area (Å²) in [5.41, 5.74) is 3.56. The van der Waals surface area contributed by atoms with Crippen molar-refractivity contribution in [2.45, 2.75) is 32.4 Å². The highest BCUT2D eigenvalue weighted by molar-refractivity contribution is 5.82. The Morgan fingerprint density at radius 2 is 1.91 bits per heavy atom. The molecule has 5 rings (SSSR count). The van der Waals surface area contributed by atoms with Crippen molar-refractivity contribution in [1.29, 1.82) is 0 Å². The topological polar surface area (TPSA) is 88.9 Å². The number of likely N-dealkylation sites (tertiary alicyclic amines) is 1. The minimum absolute atomic E-state index is 0.0947. The molecule has 1 saturated heterocycles. The lowest BCUT2D eigenvalue weighted by Gasteiger charge is -2.26. The van der Waals surface area contributed by atoms with Crippen LogP contribution in [0.1, 0.15) is 41.4 Å². The maximum absolute atomic E-state index is 13.2. The second-order valence-electron chi connectivity index (χ2n) is 8.28. The lowest BCUT2D eigenvalue weighted by molar-refractivity contribution is 0.263. The SMILES string of the molecule is COc1ccc(Cn2nnnc2C(c2cc3cccc(C)c3[nH]c2=O)N2CCCC2)cc1. The molecule has 1 atom stereocenters. The van der Waals surface area contributed by atoms with Crippen LogP contribution in [0.4, 0.5) is 0 Å². The van der Waals surface area contributed by atoms with Crippen LogP contribution in [0.5, 0.6) is 5.75 Å². The Balaban J connectivity index is 1.58. The van der Waals surface area contributed by atoms with Gasteiger partial charge in [0.25, 0.3) is 5.56 Å². The lowest BCUT2D eigenvalue weighted by atomic mass is 10.0. The third-order valence-corrected chi connectivity index (χ3v) is 6.21. The second kappa shape index (κ2) is 8.55. The maximum Gasteiger partial charge on any atom is 0.253 e. The van der Waals surface area contributed by atoms with Crippen molar-refractivity contribution in [3.63, 3.8) is 0 Å². The van der Waals surface area contributed by atoms with Crippen LogP contribution in [-0.2, 0) is 6.54 Å². The zero-order chi connectivity index (χ0) is 22.1. The Labute approximate surface area is 185 Å². The summed E-state index contributed by atoms with van der Waals surface area (Å²) in [6.45, 7) is 4.34. The molecule has 0 bridgehead atoms. The molecule has 3 heterocycles. The number of tetrazole rings is 1. The third kappa shape index (κ3) is 3.78. The molecule has 1 unspecified atom stereocenters. The van der Waals surface area contributed by atoms with E-state index in [1.165, 1.54) is 0 Å². The van der Waals surface area contributed by atoms with Crippen LogP contribution in [-0.4, -0.2) is 50.3 Å². The van der Waals surface area contributed by atoms with Crippen molar-refractivity contribution in [1.82, 2.24) is 30.1 Å². The monoisotopic (exact) mass is 430 g/mol. The number of hydrogen-bond acceptors (Lipinski definition) is 6. The number of rotatable bonds is 6. The molecule has 32 heavy (non-hydrogen) atoms. The molecule has 1 N–H and O–H groups in total. The number of methoxy groups -OCH3 is 1. The van der Waals surface area contributed by atoms with Gasteiger partial charge in [0.05, 0.1) is 19.2 Å². The summed E-state index contributed by atoms with van der Waals surface area (Å²) in [7, 11) is 1.65. The number of nitrogens with zero attached hydrogens (tertiary/aromatic N) is 5. The van der Waals surface area contributed by atoms with E-state index in [0.29, 0.717) is 17.9 Å². The average molecular weight is 431 g/mol. The van der Waals surface area contributed by atoms with Gasteiger partial charge in [0, 0.05) is 5.56 Å². The van der Waals surface area contributed by atoms with Crippen LogP contribution in [0, 0.1) is 6.92 Å². The van der Waals surface area contributed by atoms with Crippen molar-refractivity contribution >= 4 is 10.9 Å². The minimum Gasteiger partial charge on any atom is -0.497 e. The summed E-state index contributed by atoms with van der Waals surface area (Å²) in [4.78, 5) is 18.7. The van der Waals surface area contributed by atoms with E-state index >= 15 is 0 Å². The second-order valence-corrected chi connectivity index (χ2v) is 8.28. The third-order valence-electron chi connectivity index (χ3n) is 6.21. The highest BCUT2D eigenvalue weighted by Gasteiger charge is 2.32. The molecule has 2 aromatic heterocycles. The van der Waals surface area contributed by atoms with Gasteiger partial charge in [0.1, 0.15) is 11.8 Å². The largest absolute Gasteiger partial charge is 0.497 e. The fraction of sp³-hybridized carbons (Fsp3) is 0.333. The van der Waals surface area contributed by atoms with Crippen molar-refractivity contribution in [2.24, 2.45) is 0 Å². The molecular weight excluding hydrogens is 404 g/mol. The molecule has 1 aliphatic heterocycles. The van der Waals surface area contributed by atoms with Gasteiger partial charge in [-0.3, -0.25) is 9.69 Å². The molecular formula is C24H26N6O2. The van der Waals surface area contributed by atoms with Gasteiger partial charge in [-0.25, -0.2) is 4.68 Å². The van der Waals surface area contributed by atoms with E-state index in [0.717, 1.165) is 53.7 Å². The number of hydrogen-bond donors (Lipinski definition) is 1. The van der Waals surface area contributed by atoms with Gasteiger partial charge < -0.3 is 9.72 Å². The van der Waals surface area contributed by atoms with Crippen LogP contribution in [0.15, 0.2) is 53.3 Å². The van der Waals surface area contributed by atoms with Crippen LogP contribution >= 0.6 is 0 Å². The number of H-pyrrole nitrogens is 1. The van der Waals surface area contributed by atoms with Crippen LogP contribution in [0.25, 0.3) is 10.9 Å². The molecule has 0 spiro atoms. The van der Waals surface area contributed by atoms with Crippen molar-refractivity contribution < 1.29 is 4.74 Å². The zero-order valence-electron chi connectivity index (χ0n) is 18.3. The summed E-state index contributed by atoms with van der Waals surface area (Å²) in [5, 5.41) is 13.6. The number of aryl methyl sites for hydroxylation is 1. The highest BCUT2D eigenvalue weighted by atomic mass is 16.5. The molecule has 0 saturated carbocycles. The summed E-state index contributed by atoms with van der Waals surface area (Å²) >= 11 is 0. The number of pyridine rings is 1. The predicted octanol–water partition coefficient (Wildman–Crippen LogP) is 3.07. The van der Waals surface area contributed by atoms with E-state index in [-0.39, 0.29) is 11.6 Å². The number of nitrogens with one attached hydrogen (secondary N) is 1. The van der Waals surface area contributed by atoms with Gasteiger partial charge in [0.2, 0.25) is 0 Å². The Hall–Kier alpha value is -3.52. The number of aromatic nitrogens is 5. The number of fused-ring (bicyclic) bond motifs is 1. The first-order valence-electron chi connectivity index (χ1n) is 10.9. The van der Waals surface area contributed by atoms with Crippen molar-refractivity contribution in [3.05, 3.63) is 81.4 Å². The normalized spacial score (nSPS) is 15.3. The summed E-state index contributed by atoms with van der Waals surface area (Å²) < 4.78 is 7.05. The Morgan fingerprint density at radius 1 is 1.12 bits per heavy atom. The Morgan fingerprint density at radius 3 is 2.66 bits per heavy atom. The maximum atomic E-state index is 13.2. The molecule has 0 radical (unpaired) electrons. The molecule has 8 nitrogen and oxygen atoms in total. The van der Waals surface area contributed by atoms with Crippen molar-refractivity contribution in [2.75, 3.05) is 20.2 Å². The smallest absolute Gasteiger partial charge is 0.253 e. The van der Waals surface area contributed by atoms with E-state index in [1.807, 2.05) is 55.5 Å². The first-order valence-corrected chi connectivity index (χ1v) is 10.9. The lowest BCUT2D eigenvalue weighted by Crippen LogP contribution is -2.33. The van der Waals surface area contributed by atoms with Crippen LogP contribution in [0.3, 0.4) is 0 Å². The zero-order valence-corrected chi connectivity index (χ0v) is 18.3. The summed E-state index contributed by atoms with van der Waals surface area (Å²) in [6, 6.07) is 15.6. The number of para-hydroxylation sites is 1. The molecule has 164 valence electrons. The highest BCUT2D eigenvalue weighted by Crippen LogP contribution is 2.30. The number of aromatic amines is 1. The van der Waals surface area contributed by atoms with Crippen LogP contribution < -0.4 is 10.3 Å². The quantitative estimate of drug-likeness (QED) is 0.506. The fourth-order valence-corrected chi connectivity index (χ4v) is 4.53. The molecule has 4 aromatic rings. The Bertz CT molecular complexity index is 1290. The van der Waals surface area contributed by atoms with Gasteiger partial charge in [-0.2, -0.15) is 0 Å². The van der Waals surface area contributed by atoms with Gasteiger partial charge in [-0.05, 0) is 78.0 Å². The standard InChI is InChI=1S/C24H26N6O2/c1-16-6-5-7-18-14-20(24(31)25-21(16)18)22(29-12-3-4-13-29)23-26-27-28-30(23)15-17-8-10-19(32-2)11-9-17/h5-11,14,22H,3-4,12-13,15H2,1-2H3,(H,25,31). The first-order chi connectivity index (χ1) is 15.6. The van der Waals surface area contributed by atoms with E-state index in [2.05, 4.69) is 25.4 Å². The van der Waals surface area contributed by atoms with E-state index < -0.39 is 0 Å².